The molecule has 0 radical (unpaired) electrons. The van der Waals surface area contributed by atoms with Crippen molar-refractivity contribution in [2.45, 2.75) is 6.42 Å². The molecule has 0 saturated heterocycles. The van der Waals surface area contributed by atoms with Crippen molar-refractivity contribution in [1.29, 1.82) is 0 Å². The normalized spacial score (nSPS) is 10.3. The molecule has 0 aliphatic rings. The van der Waals surface area contributed by atoms with Crippen LogP contribution < -0.4 is 0 Å². The predicted octanol–water partition coefficient (Wildman–Crippen LogP) is 3.19. The van der Waals surface area contributed by atoms with Gasteiger partial charge in [-0.1, -0.05) is 36.3 Å². The van der Waals surface area contributed by atoms with Gasteiger partial charge in [0.2, 0.25) is 0 Å². The van der Waals surface area contributed by atoms with Crippen molar-refractivity contribution in [2.75, 3.05) is 0 Å². The van der Waals surface area contributed by atoms with E-state index in [0.29, 0.717) is 0 Å². The number of carbonyl (C=O) groups excluding carboxylic acids is 1. The molecule has 1 N–H and O–H groups in total. The summed E-state index contributed by atoms with van der Waals surface area (Å²) >= 11 is 0. The van der Waals surface area contributed by atoms with Crippen molar-refractivity contribution in [3.05, 3.63) is 76.9 Å². The highest BCUT2D eigenvalue weighted by Gasteiger charge is 2.04. The molecule has 0 bridgehead atoms. The minimum Gasteiger partial charge on any atom is -0.478 e. The first-order chi connectivity index (χ1) is 10.6. The number of terminal acetylenes is 1. The average molecular weight is 290 g/mol. The number of carboxylic acids is 1. The van der Waals surface area contributed by atoms with Crippen molar-refractivity contribution < 1.29 is 14.7 Å². The second kappa shape index (κ2) is 7.05. The summed E-state index contributed by atoms with van der Waals surface area (Å²) in [6, 6.07) is 13.6. The summed E-state index contributed by atoms with van der Waals surface area (Å²) in [4.78, 5) is 22.6. The third kappa shape index (κ3) is 4.19. The summed E-state index contributed by atoms with van der Waals surface area (Å²) in [5.41, 5.74) is 2.68. The van der Waals surface area contributed by atoms with E-state index in [1.54, 1.807) is 18.2 Å². The zero-order valence-corrected chi connectivity index (χ0v) is 11.8. The van der Waals surface area contributed by atoms with Crippen LogP contribution in [0, 0.1) is 12.3 Å². The Bertz CT molecular complexity index is 745. The van der Waals surface area contributed by atoms with Crippen LogP contribution in [-0.2, 0) is 11.2 Å². The zero-order valence-electron chi connectivity index (χ0n) is 11.8. The number of rotatable bonds is 5. The lowest BCUT2D eigenvalue weighted by Crippen LogP contribution is -2.00. The van der Waals surface area contributed by atoms with Crippen LogP contribution in [0.2, 0.25) is 0 Å². The highest BCUT2D eigenvalue weighted by atomic mass is 16.4. The van der Waals surface area contributed by atoms with Crippen LogP contribution in [0.3, 0.4) is 0 Å². The number of ketones is 1. The second-order valence-electron chi connectivity index (χ2n) is 4.74. The lowest BCUT2D eigenvalue weighted by molar-refractivity contribution is -0.113. The van der Waals surface area contributed by atoms with Crippen LogP contribution in [0.4, 0.5) is 0 Å². The minimum atomic E-state index is -0.979. The van der Waals surface area contributed by atoms with E-state index >= 15 is 0 Å². The molecule has 0 spiro atoms. The van der Waals surface area contributed by atoms with E-state index in [-0.39, 0.29) is 17.8 Å². The first-order valence-corrected chi connectivity index (χ1v) is 6.68. The summed E-state index contributed by atoms with van der Waals surface area (Å²) in [5, 5.41) is 8.81. The molecule has 22 heavy (non-hydrogen) atoms. The lowest BCUT2D eigenvalue weighted by atomic mass is 10.1. The van der Waals surface area contributed by atoms with Gasteiger partial charge in [-0.3, -0.25) is 4.79 Å². The van der Waals surface area contributed by atoms with Gasteiger partial charge in [-0.25, -0.2) is 4.79 Å². The maximum atomic E-state index is 11.9. The van der Waals surface area contributed by atoms with Crippen LogP contribution in [0.25, 0.3) is 6.08 Å². The number of hydrogen-bond donors (Lipinski definition) is 1. The Balaban J connectivity index is 1.98. The standard InChI is InChI=1S/C19H14O3/c1-2-14-3-5-15(6-4-14)9-12-18(20)13-16-7-10-17(11-8-16)19(21)22/h1,3-12H,13H2,(H,21,22)/b12-9+. The van der Waals surface area contributed by atoms with Gasteiger partial charge < -0.3 is 5.11 Å². The molecule has 0 heterocycles. The van der Waals surface area contributed by atoms with E-state index < -0.39 is 5.97 Å². The molecule has 0 amide bonds. The second-order valence-corrected chi connectivity index (χ2v) is 4.74. The molecule has 2 rings (SSSR count). The van der Waals surface area contributed by atoms with Crippen LogP contribution >= 0.6 is 0 Å². The largest absolute Gasteiger partial charge is 0.478 e. The van der Waals surface area contributed by atoms with E-state index in [0.717, 1.165) is 16.7 Å². The lowest BCUT2D eigenvalue weighted by Gasteiger charge is -1.99. The number of carbonyl (C=O) groups is 2. The first kappa shape index (κ1) is 15.3. The summed E-state index contributed by atoms with van der Waals surface area (Å²) in [6.45, 7) is 0. The summed E-state index contributed by atoms with van der Waals surface area (Å²) in [7, 11) is 0. The van der Waals surface area contributed by atoms with Gasteiger partial charge in [0.15, 0.2) is 5.78 Å². The number of aromatic carboxylic acids is 1. The quantitative estimate of drug-likeness (QED) is 0.679. The average Bonchev–Trinajstić information content (AvgIpc) is 2.54. The molecular weight excluding hydrogens is 276 g/mol. The molecular formula is C19H14O3. The monoisotopic (exact) mass is 290 g/mol. The van der Waals surface area contributed by atoms with E-state index in [1.807, 2.05) is 24.3 Å². The van der Waals surface area contributed by atoms with Crippen molar-refractivity contribution in [3.63, 3.8) is 0 Å². The van der Waals surface area contributed by atoms with Gasteiger partial charge in [0.1, 0.15) is 0 Å². The van der Waals surface area contributed by atoms with Gasteiger partial charge in [-0.2, -0.15) is 0 Å². The van der Waals surface area contributed by atoms with Crippen LogP contribution in [-0.4, -0.2) is 16.9 Å². The molecule has 0 atom stereocenters. The Hall–Kier alpha value is -3.12. The molecule has 0 aliphatic carbocycles. The van der Waals surface area contributed by atoms with Crippen molar-refractivity contribution in [3.8, 4) is 12.3 Å². The molecule has 0 aromatic heterocycles. The molecule has 0 saturated carbocycles. The van der Waals surface area contributed by atoms with Crippen molar-refractivity contribution in [1.82, 2.24) is 0 Å². The zero-order chi connectivity index (χ0) is 15.9. The van der Waals surface area contributed by atoms with Gasteiger partial charge in [0.25, 0.3) is 0 Å². The minimum absolute atomic E-state index is 0.0518. The van der Waals surface area contributed by atoms with Gasteiger partial charge in [-0.15, -0.1) is 6.42 Å². The fourth-order valence-corrected chi connectivity index (χ4v) is 1.90. The molecule has 108 valence electrons. The maximum absolute atomic E-state index is 11.9. The van der Waals surface area contributed by atoms with E-state index in [1.165, 1.54) is 18.2 Å². The van der Waals surface area contributed by atoms with Gasteiger partial charge in [0.05, 0.1) is 5.56 Å². The molecule has 3 heteroatoms. The molecule has 2 aromatic carbocycles. The van der Waals surface area contributed by atoms with Crippen molar-refractivity contribution >= 4 is 17.8 Å². The third-order valence-electron chi connectivity index (χ3n) is 3.12. The Labute approximate surface area is 128 Å². The smallest absolute Gasteiger partial charge is 0.335 e. The molecule has 0 unspecified atom stereocenters. The van der Waals surface area contributed by atoms with Crippen LogP contribution in [0.15, 0.2) is 54.6 Å². The fraction of sp³-hybridized carbons (Fsp3) is 0.0526. The summed E-state index contributed by atoms with van der Waals surface area (Å²) < 4.78 is 0. The van der Waals surface area contributed by atoms with Gasteiger partial charge >= 0.3 is 5.97 Å². The number of hydrogen-bond acceptors (Lipinski definition) is 2. The summed E-state index contributed by atoms with van der Waals surface area (Å²) in [5.74, 6) is 1.50. The first-order valence-electron chi connectivity index (χ1n) is 6.68. The highest BCUT2D eigenvalue weighted by molar-refractivity contribution is 5.95. The van der Waals surface area contributed by atoms with E-state index in [9.17, 15) is 9.59 Å². The number of allylic oxidation sites excluding steroid dienone is 1. The highest BCUT2D eigenvalue weighted by Crippen LogP contribution is 2.08. The Morgan fingerprint density at radius 2 is 1.68 bits per heavy atom. The maximum Gasteiger partial charge on any atom is 0.335 e. The Morgan fingerprint density at radius 3 is 2.23 bits per heavy atom. The third-order valence-corrected chi connectivity index (χ3v) is 3.12. The van der Waals surface area contributed by atoms with E-state index in [4.69, 9.17) is 11.5 Å². The van der Waals surface area contributed by atoms with Gasteiger partial charge in [0, 0.05) is 12.0 Å². The van der Waals surface area contributed by atoms with Crippen LogP contribution in [0.1, 0.15) is 27.0 Å². The summed E-state index contributed by atoms with van der Waals surface area (Å²) in [6.07, 6.45) is 8.75. The SMILES string of the molecule is C#Cc1ccc(/C=C/C(=O)Cc2ccc(C(=O)O)cc2)cc1. The Morgan fingerprint density at radius 1 is 1.05 bits per heavy atom. The number of carboxylic acid groups (broad SMARTS) is 1. The van der Waals surface area contributed by atoms with Crippen LogP contribution in [0.5, 0.6) is 0 Å². The molecule has 2 aromatic rings. The topological polar surface area (TPSA) is 54.4 Å². The molecule has 3 nitrogen and oxygen atoms in total. The molecule has 0 fully saturated rings. The van der Waals surface area contributed by atoms with Crippen molar-refractivity contribution in [2.24, 2.45) is 0 Å². The fourth-order valence-electron chi connectivity index (χ4n) is 1.90. The Kier molecular flexibility index (Phi) is 4.89. The predicted molar refractivity (Wildman–Crippen MR) is 85.5 cm³/mol. The van der Waals surface area contributed by atoms with E-state index in [2.05, 4.69) is 5.92 Å². The molecule has 0 aliphatic heterocycles. The van der Waals surface area contributed by atoms with Gasteiger partial charge in [-0.05, 0) is 41.5 Å². The number of benzene rings is 2.